The summed E-state index contributed by atoms with van der Waals surface area (Å²) in [5.74, 6) is -0.980. The van der Waals surface area contributed by atoms with Crippen LogP contribution in [0.2, 0.25) is 5.02 Å². The number of carboxylic acid groups (broad SMARTS) is 1. The third-order valence-corrected chi connectivity index (χ3v) is 3.52. The molecular weight excluding hydrogens is 254 g/mol. The topological polar surface area (TPSA) is 65.5 Å². The minimum atomic E-state index is -0.980. The van der Waals surface area contributed by atoms with Crippen molar-refractivity contribution in [2.75, 3.05) is 20.6 Å². The molecule has 2 heterocycles. The summed E-state index contributed by atoms with van der Waals surface area (Å²) in [6, 6.07) is 0. The van der Waals surface area contributed by atoms with Gasteiger partial charge in [-0.2, -0.15) is 0 Å². The van der Waals surface area contributed by atoms with Crippen LogP contribution in [0.4, 0.5) is 0 Å². The van der Waals surface area contributed by atoms with E-state index in [0.29, 0.717) is 18.8 Å². The van der Waals surface area contributed by atoms with Gasteiger partial charge in [0.15, 0.2) is 0 Å². The summed E-state index contributed by atoms with van der Waals surface area (Å²) in [6.07, 6.45) is 0.764. The highest BCUT2D eigenvalue weighted by Gasteiger charge is 2.26. The lowest BCUT2D eigenvalue weighted by molar-refractivity contribution is 0.0694. The molecule has 1 aromatic heterocycles. The fraction of sp³-hybridized carbons (Fsp3) is 0.500. The number of hydrogen-bond donors (Lipinski definition) is 2. The molecule has 0 aromatic carbocycles. The monoisotopic (exact) mass is 269 g/mol. The summed E-state index contributed by atoms with van der Waals surface area (Å²) in [4.78, 5) is 18.0. The van der Waals surface area contributed by atoms with Crippen LogP contribution in [0.1, 0.15) is 27.3 Å². The molecule has 0 saturated heterocycles. The first-order valence-electron chi connectivity index (χ1n) is 5.81. The molecule has 0 aliphatic carbocycles. The number of aromatic carboxylic acids is 1. The predicted octanol–water partition coefficient (Wildman–Crippen LogP) is 1.14. The first-order valence-corrected chi connectivity index (χ1v) is 6.19. The number of fused-ring (bicyclic) bond motifs is 1. The van der Waals surface area contributed by atoms with Gasteiger partial charge in [-0.25, -0.2) is 4.79 Å². The Labute approximate surface area is 111 Å². The standard InChI is InChI=1S/C12H16ClN3O2/c1-14-5-9-11(13)10(12(17)18)7-6-16(2)4-3-8(7)15-9/h14H,3-6H2,1-2H3,(H,17,18). The Kier molecular flexibility index (Phi) is 3.85. The first kappa shape index (κ1) is 13.3. The highest BCUT2D eigenvalue weighted by molar-refractivity contribution is 6.34. The van der Waals surface area contributed by atoms with Gasteiger partial charge in [0.1, 0.15) is 0 Å². The Morgan fingerprint density at radius 1 is 1.61 bits per heavy atom. The fourth-order valence-corrected chi connectivity index (χ4v) is 2.53. The van der Waals surface area contributed by atoms with Crippen molar-refractivity contribution >= 4 is 17.6 Å². The molecule has 1 aliphatic heterocycles. The average Bonchev–Trinajstić information content (AvgIpc) is 2.30. The normalized spacial score (nSPS) is 15.5. The minimum Gasteiger partial charge on any atom is -0.478 e. The number of aromatic nitrogens is 1. The van der Waals surface area contributed by atoms with Gasteiger partial charge in [-0.05, 0) is 14.1 Å². The average molecular weight is 270 g/mol. The molecule has 18 heavy (non-hydrogen) atoms. The molecule has 0 atom stereocenters. The molecule has 6 heteroatoms. The number of halogens is 1. The Morgan fingerprint density at radius 3 is 2.94 bits per heavy atom. The zero-order valence-corrected chi connectivity index (χ0v) is 11.2. The van der Waals surface area contributed by atoms with Crippen molar-refractivity contribution in [1.29, 1.82) is 0 Å². The second kappa shape index (κ2) is 5.22. The smallest absolute Gasteiger partial charge is 0.337 e. The van der Waals surface area contributed by atoms with E-state index < -0.39 is 5.97 Å². The molecule has 0 fully saturated rings. The molecule has 0 spiro atoms. The van der Waals surface area contributed by atoms with E-state index in [1.165, 1.54) is 0 Å². The van der Waals surface area contributed by atoms with Gasteiger partial charge in [0, 0.05) is 37.3 Å². The number of rotatable bonds is 3. The van der Waals surface area contributed by atoms with Gasteiger partial charge in [-0.15, -0.1) is 0 Å². The van der Waals surface area contributed by atoms with Crippen LogP contribution >= 0.6 is 11.6 Å². The number of carboxylic acids is 1. The van der Waals surface area contributed by atoms with Crippen molar-refractivity contribution in [3.63, 3.8) is 0 Å². The van der Waals surface area contributed by atoms with E-state index in [1.54, 1.807) is 7.05 Å². The van der Waals surface area contributed by atoms with Gasteiger partial charge < -0.3 is 15.3 Å². The molecule has 2 N–H and O–H groups in total. The van der Waals surface area contributed by atoms with E-state index in [0.717, 1.165) is 24.2 Å². The van der Waals surface area contributed by atoms with Gasteiger partial charge in [-0.1, -0.05) is 11.6 Å². The summed E-state index contributed by atoms with van der Waals surface area (Å²) >= 11 is 6.17. The van der Waals surface area contributed by atoms with E-state index in [-0.39, 0.29) is 10.6 Å². The van der Waals surface area contributed by atoms with E-state index >= 15 is 0 Å². The van der Waals surface area contributed by atoms with Crippen LogP contribution in [0, 0.1) is 0 Å². The summed E-state index contributed by atoms with van der Waals surface area (Å²) in [7, 11) is 3.75. The van der Waals surface area contributed by atoms with Crippen molar-refractivity contribution < 1.29 is 9.90 Å². The van der Waals surface area contributed by atoms with Crippen LogP contribution in [0.15, 0.2) is 0 Å². The van der Waals surface area contributed by atoms with E-state index in [9.17, 15) is 9.90 Å². The van der Waals surface area contributed by atoms with Crippen molar-refractivity contribution in [2.24, 2.45) is 0 Å². The second-order valence-corrected chi connectivity index (χ2v) is 4.87. The molecule has 1 aliphatic rings. The fourth-order valence-electron chi connectivity index (χ4n) is 2.23. The number of likely N-dealkylation sites (N-methyl/N-ethyl adjacent to an activating group) is 1. The molecular formula is C12H16ClN3O2. The third kappa shape index (κ3) is 2.34. The first-order chi connectivity index (χ1) is 8.54. The Hall–Kier alpha value is -1.17. The van der Waals surface area contributed by atoms with E-state index in [2.05, 4.69) is 15.2 Å². The SMILES string of the molecule is CNCc1nc2c(c(C(=O)O)c1Cl)CN(C)CC2. The van der Waals surface area contributed by atoms with E-state index in [4.69, 9.17) is 11.6 Å². The molecule has 98 valence electrons. The number of pyridine rings is 1. The number of nitrogens with zero attached hydrogens (tertiary/aromatic N) is 2. The number of nitrogens with one attached hydrogen (secondary N) is 1. The highest BCUT2D eigenvalue weighted by atomic mass is 35.5. The summed E-state index contributed by atoms with van der Waals surface area (Å²) in [5.41, 5.74) is 2.43. The zero-order valence-electron chi connectivity index (χ0n) is 10.5. The Morgan fingerprint density at radius 2 is 2.33 bits per heavy atom. The van der Waals surface area contributed by atoms with Crippen molar-refractivity contribution in [3.8, 4) is 0 Å². The molecule has 0 amide bonds. The van der Waals surface area contributed by atoms with Gasteiger partial charge in [0.05, 0.1) is 16.3 Å². The zero-order chi connectivity index (χ0) is 13.3. The molecule has 2 rings (SSSR count). The second-order valence-electron chi connectivity index (χ2n) is 4.50. The summed E-state index contributed by atoms with van der Waals surface area (Å²) in [5, 5.41) is 12.6. The van der Waals surface area contributed by atoms with Crippen LogP contribution in [0.5, 0.6) is 0 Å². The molecule has 0 bridgehead atoms. The maximum absolute atomic E-state index is 11.4. The van der Waals surface area contributed by atoms with Crippen LogP contribution in [0.3, 0.4) is 0 Å². The largest absolute Gasteiger partial charge is 0.478 e. The number of carbonyl (C=O) groups is 1. The van der Waals surface area contributed by atoms with Gasteiger partial charge in [0.25, 0.3) is 0 Å². The third-order valence-electron chi connectivity index (χ3n) is 3.11. The summed E-state index contributed by atoms with van der Waals surface area (Å²) in [6.45, 7) is 1.95. The predicted molar refractivity (Wildman–Crippen MR) is 69.0 cm³/mol. The quantitative estimate of drug-likeness (QED) is 0.862. The van der Waals surface area contributed by atoms with Crippen molar-refractivity contribution in [1.82, 2.24) is 15.2 Å². The van der Waals surface area contributed by atoms with E-state index in [1.807, 2.05) is 7.05 Å². The highest BCUT2D eigenvalue weighted by Crippen LogP contribution is 2.29. The molecule has 5 nitrogen and oxygen atoms in total. The minimum absolute atomic E-state index is 0.207. The van der Waals surface area contributed by atoms with Crippen LogP contribution in [-0.4, -0.2) is 41.6 Å². The van der Waals surface area contributed by atoms with Crippen molar-refractivity contribution in [3.05, 3.63) is 27.5 Å². The van der Waals surface area contributed by atoms with Gasteiger partial charge >= 0.3 is 5.97 Å². The van der Waals surface area contributed by atoms with Crippen LogP contribution in [-0.2, 0) is 19.5 Å². The lowest BCUT2D eigenvalue weighted by Gasteiger charge is -2.26. The number of hydrogen-bond acceptors (Lipinski definition) is 4. The molecule has 0 unspecified atom stereocenters. The maximum atomic E-state index is 11.4. The van der Waals surface area contributed by atoms with Gasteiger partial charge in [-0.3, -0.25) is 4.98 Å². The molecule has 1 aromatic rings. The summed E-state index contributed by atoms with van der Waals surface area (Å²) < 4.78 is 0. The Bertz CT molecular complexity index is 491. The Balaban J connectivity index is 2.59. The lowest BCUT2D eigenvalue weighted by Crippen LogP contribution is -2.30. The van der Waals surface area contributed by atoms with Crippen molar-refractivity contribution in [2.45, 2.75) is 19.5 Å². The van der Waals surface area contributed by atoms with Gasteiger partial charge in [0.2, 0.25) is 0 Å². The van der Waals surface area contributed by atoms with Crippen LogP contribution < -0.4 is 5.32 Å². The van der Waals surface area contributed by atoms with Crippen LogP contribution in [0.25, 0.3) is 0 Å². The maximum Gasteiger partial charge on any atom is 0.337 e. The molecule has 0 saturated carbocycles. The molecule has 0 radical (unpaired) electrons. The lowest BCUT2D eigenvalue weighted by atomic mass is 9.99.